The van der Waals surface area contributed by atoms with Gasteiger partial charge in [-0.1, -0.05) is 47.9 Å². The molecule has 3 nitrogen and oxygen atoms in total. The number of amides is 1. The van der Waals surface area contributed by atoms with Crippen molar-refractivity contribution in [1.29, 1.82) is 0 Å². The molecule has 0 N–H and O–H groups in total. The van der Waals surface area contributed by atoms with Crippen LogP contribution in [0.3, 0.4) is 0 Å². The minimum atomic E-state index is 0.0382. The molecule has 6 heteroatoms. The van der Waals surface area contributed by atoms with Gasteiger partial charge in [0.25, 0.3) is 5.91 Å². The maximum atomic E-state index is 12.5. The third-order valence-electron chi connectivity index (χ3n) is 3.28. The van der Waals surface area contributed by atoms with Crippen molar-refractivity contribution in [3.05, 3.63) is 34.2 Å². The standard InChI is InChI=1S/C14H14N2OS3/c1-3-15-9-7-5-6-8-10(9)19-13(15)11-12(17)16(4-2)14(18)20-11/h5-8H,3-4H2,1-2H3/b13-11+. The molecule has 1 aromatic rings. The number of hydrogen-bond acceptors (Lipinski definition) is 5. The number of nitrogens with zero attached hydrogens (tertiary/aromatic N) is 2. The number of carbonyl (C=O) groups excluding carboxylic acids is 1. The van der Waals surface area contributed by atoms with Gasteiger partial charge < -0.3 is 4.90 Å². The van der Waals surface area contributed by atoms with Crippen LogP contribution in [-0.2, 0) is 4.79 Å². The zero-order valence-corrected chi connectivity index (χ0v) is 13.7. The molecule has 3 rings (SSSR count). The van der Waals surface area contributed by atoms with Crippen molar-refractivity contribution in [3.63, 3.8) is 0 Å². The van der Waals surface area contributed by atoms with Crippen molar-refractivity contribution in [2.24, 2.45) is 0 Å². The quantitative estimate of drug-likeness (QED) is 0.611. The largest absolute Gasteiger partial charge is 0.334 e. The molecule has 0 saturated carbocycles. The number of fused-ring (bicyclic) bond motifs is 1. The summed E-state index contributed by atoms with van der Waals surface area (Å²) in [5.41, 5.74) is 1.18. The molecule has 1 aromatic carbocycles. The first-order valence-corrected chi connectivity index (χ1v) is 8.53. The average molecular weight is 322 g/mol. The molecular formula is C14H14N2OS3. The van der Waals surface area contributed by atoms with E-state index in [1.54, 1.807) is 16.7 Å². The van der Waals surface area contributed by atoms with Crippen molar-refractivity contribution >= 4 is 51.7 Å². The summed E-state index contributed by atoms with van der Waals surface area (Å²) in [6, 6.07) is 8.25. The van der Waals surface area contributed by atoms with Crippen LogP contribution in [0.4, 0.5) is 5.69 Å². The Kier molecular flexibility index (Phi) is 3.79. The number of para-hydroxylation sites is 1. The molecule has 2 aliphatic heterocycles. The molecule has 0 spiro atoms. The first kappa shape index (κ1) is 14.0. The van der Waals surface area contributed by atoms with E-state index in [2.05, 4.69) is 24.0 Å². The molecule has 1 saturated heterocycles. The molecule has 104 valence electrons. The zero-order valence-electron chi connectivity index (χ0n) is 11.3. The van der Waals surface area contributed by atoms with Crippen LogP contribution in [0.2, 0.25) is 0 Å². The second-order valence-corrected chi connectivity index (χ2v) is 7.04. The van der Waals surface area contributed by atoms with Crippen LogP contribution in [0.1, 0.15) is 13.8 Å². The number of thioether (sulfide) groups is 2. The maximum Gasteiger partial charge on any atom is 0.268 e. The van der Waals surface area contributed by atoms with Gasteiger partial charge in [-0.25, -0.2) is 0 Å². The Labute approximate surface area is 132 Å². The van der Waals surface area contributed by atoms with Gasteiger partial charge in [-0.15, -0.1) is 0 Å². The summed E-state index contributed by atoms with van der Waals surface area (Å²) >= 11 is 8.38. The molecule has 0 atom stereocenters. The summed E-state index contributed by atoms with van der Waals surface area (Å²) in [6.45, 7) is 5.52. The highest BCUT2D eigenvalue weighted by Gasteiger charge is 2.37. The van der Waals surface area contributed by atoms with Gasteiger partial charge in [0.05, 0.1) is 5.69 Å². The van der Waals surface area contributed by atoms with E-state index in [0.717, 1.165) is 16.5 Å². The molecular weight excluding hydrogens is 308 g/mol. The predicted octanol–water partition coefficient (Wildman–Crippen LogP) is 3.67. The summed E-state index contributed by atoms with van der Waals surface area (Å²) < 4.78 is 0.660. The SMILES string of the molecule is CCN1C(=O)/C(=C2\Sc3ccccc3N2CC)SC1=S. The Morgan fingerprint density at radius 3 is 2.45 bits per heavy atom. The van der Waals surface area contributed by atoms with Gasteiger partial charge in [0.2, 0.25) is 0 Å². The van der Waals surface area contributed by atoms with Crippen molar-refractivity contribution < 1.29 is 4.79 Å². The topological polar surface area (TPSA) is 23.6 Å². The second-order valence-electron chi connectivity index (χ2n) is 4.37. The highest BCUT2D eigenvalue weighted by molar-refractivity contribution is 8.27. The van der Waals surface area contributed by atoms with Crippen molar-refractivity contribution in [3.8, 4) is 0 Å². The van der Waals surface area contributed by atoms with E-state index < -0.39 is 0 Å². The molecule has 2 heterocycles. The van der Waals surface area contributed by atoms with Gasteiger partial charge in [-0.05, 0) is 26.0 Å². The lowest BCUT2D eigenvalue weighted by Gasteiger charge is -2.19. The Hall–Kier alpha value is -0.980. The molecule has 1 amide bonds. The third kappa shape index (κ3) is 2.06. The Morgan fingerprint density at radius 2 is 1.80 bits per heavy atom. The molecule has 1 fully saturated rings. The smallest absolute Gasteiger partial charge is 0.268 e. The fraction of sp³-hybridized carbons (Fsp3) is 0.286. The van der Waals surface area contributed by atoms with Crippen LogP contribution < -0.4 is 4.90 Å². The number of carbonyl (C=O) groups is 1. The highest BCUT2D eigenvalue weighted by Crippen LogP contribution is 2.50. The Bertz CT molecular complexity index is 627. The average Bonchev–Trinajstić information content (AvgIpc) is 2.95. The number of benzene rings is 1. The van der Waals surface area contributed by atoms with E-state index in [-0.39, 0.29) is 5.91 Å². The van der Waals surface area contributed by atoms with Gasteiger partial charge in [0.15, 0.2) is 0 Å². The lowest BCUT2D eigenvalue weighted by atomic mass is 10.3. The summed E-state index contributed by atoms with van der Waals surface area (Å²) in [5.74, 6) is 0.0382. The zero-order chi connectivity index (χ0) is 14.3. The van der Waals surface area contributed by atoms with Gasteiger partial charge in [-0.3, -0.25) is 9.69 Å². The Morgan fingerprint density at radius 1 is 1.10 bits per heavy atom. The van der Waals surface area contributed by atoms with Gasteiger partial charge in [0, 0.05) is 18.0 Å². The van der Waals surface area contributed by atoms with Crippen LogP contribution in [0.15, 0.2) is 39.1 Å². The summed E-state index contributed by atoms with van der Waals surface area (Å²) in [7, 11) is 0. The second kappa shape index (κ2) is 5.42. The summed E-state index contributed by atoms with van der Waals surface area (Å²) in [5, 5.41) is 1.02. The fourth-order valence-electron chi connectivity index (χ4n) is 2.32. The number of anilines is 1. The van der Waals surface area contributed by atoms with E-state index in [1.807, 2.05) is 19.1 Å². The van der Waals surface area contributed by atoms with Crippen LogP contribution in [0, 0.1) is 0 Å². The van der Waals surface area contributed by atoms with E-state index in [9.17, 15) is 4.79 Å². The Balaban J connectivity index is 2.06. The lowest BCUT2D eigenvalue weighted by Crippen LogP contribution is -2.28. The molecule has 0 aromatic heterocycles. The van der Waals surface area contributed by atoms with Crippen LogP contribution in [-0.4, -0.2) is 28.2 Å². The number of rotatable bonds is 2. The van der Waals surface area contributed by atoms with E-state index in [1.165, 1.54) is 22.3 Å². The minimum Gasteiger partial charge on any atom is -0.334 e. The number of likely N-dealkylation sites (N-methyl/N-ethyl adjacent to an activating group) is 1. The van der Waals surface area contributed by atoms with Gasteiger partial charge in [0.1, 0.15) is 14.3 Å². The molecule has 0 bridgehead atoms. The summed E-state index contributed by atoms with van der Waals surface area (Å²) in [6.07, 6.45) is 0. The monoisotopic (exact) mass is 322 g/mol. The predicted molar refractivity (Wildman–Crippen MR) is 89.9 cm³/mol. The first-order valence-electron chi connectivity index (χ1n) is 6.49. The maximum absolute atomic E-state index is 12.5. The van der Waals surface area contributed by atoms with Crippen LogP contribution in [0.5, 0.6) is 0 Å². The molecule has 2 aliphatic rings. The number of hydrogen-bond donors (Lipinski definition) is 0. The normalized spacial score (nSPS) is 21.9. The summed E-state index contributed by atoms with van der Waals surface area (Å²) in [4.78, 5) is 18.3. The fourth-order valence-corrected chi connectivity index (χ4v) is 5.08. The minimum absolute atomic E-state index is 0.0382. The molecule has 20 heavy (non-hydrogen) atoms. The molecule has 0 radical (unpaired) electrons. The van der Waals surface area contributed by atoms with E-state index in [0.29, 0.717) is 10.9 Å². The molecule has 0 unspecified atom stereocenters. The van der Waals surface area contributed by atoms with E-state index in [4.69, 9.17) is 12.2 Å². The highest BCUT2D eigenvalue weighted by atomic mass is 32.2. The van der Waals surface area contributed by atoms with Crippen molar-refractivity contribution in [2.75, 3.05) is 18.0 Å². The van der Waals surface area contributed by atoms with Crippen molar-refractivity contribution in [1.82, 2.24) is 4.90 Å². The van der Waals surface area contributed by atoms with E-state index >= 15 is 0 Å². The van der Waals surface area contributed by atoms with Crippen LogP contribution in [0.25, 0.3) is 0 Å². The van der Waals surface area contributed by atoms with Gasteiger partial charge in [-0.2, -0.15) is 0 Å². The lowest BCUT2D eigenvalue weighted by molar-refractivity contribution is -0.122. The first-order chi connectivity index (χ1) is 9.67. The molecule has 0 aliphatic carbocycles. The number of thiocarbonyl (C=S) groups is 1. The van der Waals surface area contributed by atoms with Crippen molar-refractivity contribution in [2.45, 2.75) is 18.7 Å². The van der Waals surface area contributed by atoms with Gasteiger partial charge >= 0.3 is 0 Å². The van der Waals surface area contributed by atoms with Crippen LogP contribution >= 0.6 is 35.7 Å². The third-order valence-corrected chi connectivity index (χ3v) is 6.03.